The maximum absolute atomic E-state index is 12.5. The quantitative estimate of drug-likeness (QED) is 0.250. The molecule has 0 heterocycles. The second-order valence-electron chi connectivity index (χ2n) is 16.5. The highest BCUT2D eigenvalue weighted by molar-refractivity contribution is 8.64. The fourth-order valence-electron chi connectivity index (χ4n) is 13.4. The normalized spacial score (nSPS) is 50.6. The molecule has 2 spiro atoms. The van der Waals surface area contributed by atoms with Crippen LogP contribution in [0.3, 0.4) is 0 Å². The number of fused-ring (bicyclic) bond motifs is 14. The van der Waals surface area contributed by atoms with E-state index in [1.54, 1.807) is 33.4 Å². The van der Waals surface area contributed by atoms with Gasteiger partial charge >= 0.3 is 0 Å². The molecule has 8 aliphatic carbocycles. The summed E-state index contributed by atoms with van der Waals surface area (Å²) in [6, 6.07) is 0. The average Bonchev–Trinajstić information content (AvgIpc) is 3.72. The van der Waals surface area contributed by atoms with Crippen LogP contribution in [-0.4, -0.2) is 21.5 Å². The number of aliphatic hydroxyl groups is 2. The van der Waals surface area contributed by atoms with Gasteiger partial charge in [-0.3, -0.25) is 0 Å². The van der Waals surface area contributed by atoms with Crippen LogP contribution in [0.5, 0.6) is 0 Å². The Labute approximate surface area is 255 Å². The number of rotatable bonds is 2. The van der Waals surface area contributed by atoms with E-state index in [1.165, 1.54) is 46.2 Å². The third-order valence-corrected chi connectivity index (χ3v) is 21.1. The predicted molar refractivity (Wildman–Crippen MR) is 173 cm³/mol. The molecule has 0 aromatic heterocycles. The highest BCUT2D eigenvalue weighted by Crippen LogP contribution is 2.94. The molecule has 0 aliphatic heterocycles. The summed E-state index contributed by atoms with van der Waals surface area (Å²) in [4.78, 5) is 0. The van der Waals surface area contributed by atoms with Gasteiger partial charge in [-0.25, -0.2) is 0 Å². The molecule has 0 amide bonds. The first-order chi connectivity index (χ1) is 19.1. The van der Waals surface area contributed by atoms with Crippen molar-refractivity contribution in [1.82, 2.24) is 0 Å². The van der Waals surface area contributed by atoms with Gasteiger partial charge in [0, 0.05) is 27.4 Å². The van der Waals surface area contributed by atoms with Gasteiger partial charge in [0.1, 0.15) is 0 Å². The number of thiol groups is 1. The van der Waals surface area contributed by atoms with E-state index >= 15 is 0 Å². The van der Waals surface area contributed by atoms with Gasteiger partial charge in [0.15, 0.2) is 0 Å². The van der Waals surface area contributed by atoms with Crippen molar-refractivity contribution in [2.75, 3.05) is 0 Å². The molecule has 41 heavy (non-hydrogen) atoms. The summed E-state index contributed by atoms with van der Waals surface area (Å²) in [5.41, 5.74) is 16.2. The Balaban J connectivity index is 1.12. The highest BCUT2D eigenvalue weighted by atomic mass is 32.9. The Bertz CT molecular complexity index is 1660. The van der Waals surface area contributed by atoms with E-state index in [0.29, 0.717) is 35.5 Å². The molecule has 2 N–H and O–H groups in total. The maximum Gasteiger partial charge on any atom is 0.0980 e. The van der Waals surface area contributed by atoms with E-state index in [4.69, 9.17) is 24.1 Å². The first kappa shape index (κ1) is 25.7. The zero-order valence-corrected chi connectivity index (χ0v) is 28.2. The van der Waals surface area contributed by atoms with Crippen molar-refractivity contribution in [2.45, 2.75) is 138 Å². The summed E-state index contributed by atoms with van der Waals surface area (Å²) in [5, 5.41) is 22.6. The van der Waals surface area contributed by atoms with E-state index in [-0.39, 0.29) is 22.1 Å². The minimum Gasteiger partial charge on any atom is -0.384 e. The van der Waals surface area contributed by atoms with Gasteiger partial charge in [-0.05, 0) is 142 Å². The zero-order chi connectivity index (χ0) is 28.9. The smallest absolute Gasteiger partial charge is 0.0980 e. The standard InChI is InChI=1S/C36H43O2PS2/c1-13-11-21-23(13)19-9-15(3)25(19)29-27(21)33(7,37)35(29)17(5)31(35)39(40,41)32-18(6)36(32)30-26-16(4)10-20(26)24-14(2)12-22(24)28(30)34(36,8)38/h13-18,31-32,37-38H,9-12H2,1-8H3,(H,40,41). The second-order valence-corrected chi connectivity index (χ2v) is 23.6. The number of hydrogen-bond acceptors (Lipinski definition) is 3. The first-order valence-electron chi connectivity index (χ1n) is 16.3. The Morgan fingerprint density at radius 3 is 1.22 bits per heavy atom. The predicted octanol–water partition coefficient (Wildman–Crippen LogP) is 7.30. The fourth-order valence-corrected chi connectivity index (χ4v) is 22.2. The molecule has 2 saturated carbocycles. The Hall–Kier alpha value is -0.640. The molecule has 0 saturated heterocycles. The Morgan fingerprint density at radius 1 is 0.585 bits per heavy atom. The van der Waals surface area contributed by atoms with E-state index < -0.39 is 16.4 Å². The van der Waals surface area contributed by atoms with Crippen LogP contribution >= 0.6 is 17.5 Å². The van der Waals surface area contributed by atoms with Crippen LogP contribution < -0.4 is 0 Å². The van der Waals surface area contributed by atoms with Crippen molar-refractivity contribution in [2.24, 2.45) is 11.8 Å². The van der Waals surface area contributed by atoms with E-state index in [1.807, 2.05) is 0 Å². The van der Waals surface area contributed by atoms with Gasteiger partial charge in [0.05, 0.1) is 11.2 Å². The fraction of sp³-hybridized carbons (Fsp3) is 0.667. The van der Waals surface area contributed by atoms with Gasteiger partial charge in [0.25, 0.3) is 0 Å². The molecular weight excluding hydrogens is 560 g/mol. The zero-order valence-electron chi connectivity index (χ0n) is 25.6. The van der Waals surface area contributed by atoms with Crippen LogP contribution in [0, 0.1) is 11.8 Å². The molecule has 2 aromatic carbocycles. The first-order valence-corrected chi connectivity index (χ1v) is 20.4. The van der Waals surface area contributed by atoms with Crippen molar-refractivity contribution in [3.63, 3.8) is 0 Å². The van der Waals surface area contributed by atoms with Crippen molar-refractivity contribution < 1.29 is 10.2 Å². The van der Waals surface area contributed by atoms with Crippen LogP contribution in [0.4, 0.5) is 0 Å². The molecule has 0 radical (unpaired) electrons. The van der Waals surface area contributed by atoms with Crippen LogP contribution in [0.2, 0.25) is 0 Å². The minimum absolute atomic E-state index is 0.227. The lowest BCUT2D eigenvalue weighted by atomic mass is 9.49. The minimum atomic E-state index is -2.27. The molecule has 2 aromatic rings. The van der Waals surface area contributed by atoms with Crippen LogP contribution in [-0.2, 0) is 59.5 Å². The summed E-state index contributed by atoms with van der Waals surface area (Å²) in [5.74, 6) is 3.05. The number of hydrogen-bond donors (Lipinski definition) is 3. The summed E-state index contributed by atoms with van der Waals surface area (Å²) < 4.78 is 0. The largest absolute Gasteiger partial charge is 0.384 e. The van der Waals surface area contributed by atoms with Crippen molar-refractivity contribution in [3.8, 4) is 0 Å². The molecule has 10 rings (SSSR count). The maximum atomic E-state index is 12.5. The number of benzene rings is 2. The molecule has 12 unspecified atom stereocenters. The molecular formula is C36H43O2PS2. The van der Waals surface area contributed by atoms with Gasteiger partial charge in [-0.1, -0.05) is 53.3 Å². The lowest BCUT2D eigenvalue weighted by Crippen LogP contribution is -2.56. The Morgan fingerprint density at radius 2 is 0.902 bits per heavy atom. The van der Waals surface area contributed by atoms with Crippen LogP contribution in [0.25, 0.3) is 0 Å². The lowest BCUT2D eigenvalue weighted by Gasteiger charge is -2.58. The molecule has 5 heteroatoms. The molecule has 2 nitrogen and oxygen atoms in total. The van der Waals surface area contributed by atoms with Crippen molar-refractivity contribution >= 4 is 29.3 Å². The lowest BCUT2D eigenvalue weighted by molar-refractivity contribution is -0.0249. The molecule has 12 atom stereocenters. The summed E-state index contributed by atoms with van der Waals surface area (Å²) >= 11 is 12.4. The summed E-state index contributed by atoms with van der Waals surface area (Å²) in [6.07, 6.45) is 4.59. The van der Waals surface area contributed by atoms with Crippen molar-refractivity contribution in [3.05, 3.63) is 66.8 Å². The average molecular weight is 603 g/mol. The van der Waals surface area contributed by atoms with Gasteiger partial charge in [-0.2, -0.15) is 0 Å². The monoisotopic (exact) mass is 602 g/mol. The molecule has 216 valence electrons. The molecule has 2 fully saturated rings. The van der Waals surface area contributed by atoms with E-state index in [0.717, 1.165) is 12.8 Å². The van der Waals surface area contributed by atoms with E-state index in [9.17, 15) is 10.2 Å². The van der Waals surface area contributed by atoms with Gasteiger partial charge < -0.3 is 10.2 Å². The topological polar surface area (TPSA) is 40.5 Å². The van der Waals surface area contributed by atoms with Crippen molar-refractivity contribution in [1.29, 1.82) is 0 Å². The highest BCUT2D eigenvalue weighted by Gasteiger charge is 2.88. The Kier molecular flexibility index (Phi) is 4.16. The summed E-state index contributed by atoms with van der Waals surface area (Å²) in [7, 11) is 0. The van der Waals surface area contributed by atoms with Gasteiger partial charge in [-0.15, -0.1) is 12.2 Å². The second kappa shape index (κ2) is 6.64. The van der Waals surface area contributed by atoms with E-state index in [2.05, 4.69) is 55.4 Å². The third-order valence-electron chi connectivity index (χ3n) is 14.9. The molecule has 8 aliphatic rings. The van der Waals surface area contributed by atoms with Crippen LogP contribution in [0.1, 0.15) is 146 Å². The third kappa shape index (κ3) is 2.11. The van der Waals surface area contributed by atoms with Gasteiger partial charge in [0.2, 0.25) is 0 Å². The summed E-state index contributed by atoms with van der Waals surface area (Å²) in [6.45, 7) is 18.4. The SMILES string of the molecule is CC1Cc2c1c1c(c3c2C(C)(O)C32C(C)C2P(=S)(S)C2C(C)C23c2c4c(c5c(c2C3(C)O)CC5C)CC4C)C(C)C1. The molecule has 0 bridgehead atoms. The van der Waals surface area contributed by atoms with Crippen LogP contribution in [0.15, 0.2) is 0 Å².